The maximum atomic E-state index is 13.2. The van der Waals surface area contributed by atoms with E-state index in [1.54, 1.807) is 6.08 Å². The second-order valence-electron chi connectivity index (χ2n) is 13.7. The molecule has 2 aromatic rings. The van der Waals surface area contributed by atoms with Crippen molar-refractivity contribution in [3.63, 3.8) is 0 Å². The molecule has 1 unspecified atom stereocenters. The highest BCUT2D eigenvalue weighted by Gasteiger charge is 2.43. The van der Waals surface area contributed by atoms with Crippen molar-refractivity contribution in [1.29, 1.82) is 5.26 Å². The number of amides is 1. The number of anilines is 1. The summed E-state index contributed by atoms with van der Waals surface area (Å²) >= 11 is 0. The smallest absolute Gasteiger partial charge is 0.318 e. The third-order valence-corrected chi connectivity index (χ3v) is 10.9. The molecular formula is C35H44FN7O2. The van der Waals surface area contributed by atoms with Crippen LogP contribution in [-0.4, -0.2) is 108 Å². The van der Waals surface area contributed by atoms with E-state index in [-0.39, 0.29) is 23.8 Å². The zero-order valence-corrected chi connectivity index (χ0v) is 26.3. The number of rotatable bonds is 8. The van der Waals surface area contributed by atoms with Crippen molar-refractivity contribution in [2.45, 2.75) is 75.0 Å². The van der Waals surface area contributed by atoms with E-state index in [1.165, 1.54) is 23.1 Å². The molecule has 10 heteroatoms. The molecule has 9 nitrogen and oxygen atoms in total. The quantitative estimate of drug-likeness (QED) is 0.419. The molecule has 3 atom stereocenters. The number of aryl methyl sites for hydroxylation is 1. The Labute approximate surface area is 265 Å². The lowest BCUT2D eigenvalue weighted by Crippen LogP contribution is -2.55. The molecule has 1 amide bonds. The minimum Gasteiger partial charge on any atom is -0.462 e. The van der Waals surface area contributed by atoms with Crippen LogP contribution in [0.25, 0.3) is 0 Å². The number of hydrogen-bond donors (Lipinski definition) is 0. The summed E-state index contributed by atoms with van der Waals surface area (Å²) in [5.74, 6) is 0.809. The highest BCUT2D eigenvalue weighted by molar-refractivity contribution is 5.88. The van der Waals surface area contributed by atoms with Crippen LogP contribution in [0.1, 0.15) is 54.5 Å². The van der Waals surface area contributed by atoms with Crippen LogP contribution in [0.2, 0.25) is 0 Å². The summed E-state index contributed by atoms with van der Waals surface area (Å²) < 4.78 is 19.5. The Bertz CT molecular complexity index is 1490. The molecule has 1 aromatic heterocycles. The molecule has 238 valence electrons. The van der Waals surface area contributed by atoms with E-state index in [9.17, 15) is 14.4 Å². The summed E-state index contributed by atoms with van der Waals surface area (Å²) in [5.41, 5.74) is 5.30. The van der Waals surface area contributed by atoms with E-state index in [0.717, 1.165) is 56.6 Å². The van der Waals surface area contributed by atoms with Crippen LogP contribution in [0.4, 0.5) is 10.2 Å². The first kappa shape index (κ1) is 30.1. The van der Waals surface area contributed by atoms with Gasteiger partial charge in [-0.05, 0) is 69.7 Å². The summed E-state index contributed by atoms with van der Waals surface area (Å²) in [6, 6.07) is 11.7. The Balaban J connectivity index is 1.13. The van der Waals surface area contributed by atoms with Crippen LogP contribution in [0, 0.1) is 11.3 Å². The van der Waals surface area contributed by atoms with Crippen molar-refractivity contribution >= 4 is 11.7 Å². The van der Waals surface area contributed by atoms with Crippen LogP contribution in [0.15, 0.2) is 36.4 Å². The highest BCUT2D eigenvalue weighted by atomic mass is 19.1. The van der Waals surface area contributed by atoms with Gasteiger partial charge in [-0.2, -0.15) is 15.2 Å². The van der Waals surface area contributed by atoms with Gasteiger partial charge in [0.05, 0.1) is 24.2 Å². The number of fused-ring (bicyclic) bond motifs is 3. The van der Waals surface area contributed by atoms with Crippen LogP contribution in [0.3, 0.4) is 0 Å². The van der Waals surface area contributed by atoms with Gasteiger partial charge in [-0.1, -0.05) is 30.3 Å². The average molecular weight is 614 g/mol. The summed E-state index contributed by atoms with van der Waals surface area (Å²) in [7, 11) is 2.15. The number of carbonyl (C=O) groups excluding carboxylic acids is 1. The fraction of sp³-hybridized carbons (Fsp3) is 0.600. The molecule has 4 heterocycles. The molecule has 0 saturated carbocycles. The van der Waals surface area contributed by atoms with Gasteiger partial charge in [0.15, 0.2) is 0 Å². The summed E-state index contributed by atoms with van der Waals surface area (Å²) in [6.07, 6.45) is 10.3. The molecule has 3 saturated heterocycles. The SMILES string of the molecule is CN1CCC[C@H]1COc1nc2c(c(N3CCN(C(=O)/C=C/CN4CC(F)C4)[C@@H](CC#N)C3)n1)CCC1(CCc3ccccc31)C2. The average Bonchev–Trinajstić information content (AvgIpc) is 3.61. The van der Waals surface area contributed by atoms with Crippen molar-refractivity contribution < 1.29 is 13.9 Å². The van der Waals surface area contributed by atoms with Crippen LogP contribution in [0.5, 0.6) is 6.01 Å². The topological polar surface area (TPSA) is 88.8 Å². The Kier molecular flexibility index (Phi) is 8.49. The number of carbonyl (C=O) groups is 1. The van der Waals surface area contributed by atoms with Gasteiger partial charge < -0.3 is 19.4 Å². The third-order valence-electron chi connectivity index (χ3n) is 10.9. The van der Waals surface area contributed by atoms with E-state index in [4.69, 9.17) is 14.7 Å². The molecule has 45 heavy (non-hydrogen) atoms. The number of hydrogen-bond acceptors (Lipinski definition) is 8. The highest BCUT2D eigenvalue weighted by Crippen LogP contribution is 2.48. The lowest BCUT2D eigenvalue weighted by molar-refractivity contribution is -0.128. The van der Waals surface area contributed by atoms with Gasteiger partial charge >= 0.3 is 6.01 Å². The Morgan fingerprint density at radius 3 is 2.78 bits per heavy atom. The minimum atomic E-state index is -0.760. The molecule has 0 N–H and O–H groups in total. The number of nitriles is 1. The van der Waals surface area contributed by atoms with E-state index in [0.29, 0.717) is 57.9 Å². The van der Waals surface area contributed by atoms with Crippen molar-refractivity contribution in [1.82, 2.24) is 24.7 Å². The lowest BCUT2D eigenvalue weighted by Gasteiger charge is -2.42. The first-order chi connectivity index (χ1) is 21.9. The maximum Gasteiger partial charge on any atom is 0.318 e. The summed E-state index contributed by atoms with van der Waals surface area (Å²) in [4.78, 5) is 31.7. The number of nitrogens with zero attached hydrogens (tertiary/aromatic N) is 7. The Hall–Kier alpha value is -3.55. The molecule has 0 radical (unpaired) electrons. The Morgan fingerprint density at radius 1 is 1.13 bits per heavy atom. The molecule has 2 aliphatic carbocycles. The van der Waals surface area contributed by atoms with Crippen molar-refractivity contribution in [3.05, 3.63) is 58.8 Å². The molecule has 1 aromatic carbocycles. The molecule has 5 aliphatic rings. The van der Waals surface area contributed by atoms with Gasteiger partial charge in [0, 0.05) is 62.4 Å². The maximum absolute atomic E-state index is 13.2. The fourth-order valence-corrected chi connectivity index (χ4v) is 8.24. The number of likely N-dealkylation sites (N-methyl/N-ethyl adjacent to an activating group) is 1. The zero-order chi connectivity index (χ0) is 31.0. The molecule has 7 rings (SSSR count). The van der Waals surface area contributed by atoms with Gasteiger partial charge in [-0.15, -0.1) is 0 Å². The van der Waals surface area contributed by atoms with E-state index in [2.05, 4.69) is 47.2 Å². The molecule has 1 spiro atoms. The molecule has 3 aliphatic heterocycles. The number of aromatic nitrogens is 2. The van der Waals surface area contributed by atoms with Crippen LogP contribution in [-0.2, 0) is 29.5 Å². The summed E-state index contributed by atoms with van der Waals surface area (Å²) in [5, 5.41) is 9.70. The first-order valence-corrected chi connectivity index (χ1v) is 16.7. The minimum absolute atomic E-state index is 0.0940. The largest absolute Gasteiger partial charge is 0.462 e. The van der Waals surface area contributed by atoms with Crippen LogP contribution < -0.4 is 9.64 Å². The third kappa shape index (κ3) is 6.05. The molecule has 3 fully saturated rings. The summed E-state index contributed by atoms with van der Waals surface area (Å²) in [6.45, 7) is 4.73. The number of benzene rings is 1. The fourth-order valence-electron chi connectivity index (χ4n) is 8.24. The van der Waals surface area contributed by atoms with Crippen molar-refractivity contribution in [2.75, 3.05) is 64.4 Å². The zero-order valence-electron chi connectivity index (χ0n) is 26.3. The number of alkyl halides is 1. The van der Waals surface area contributed by atoms with Crippen LogP contribution >= 0.6 is 0 Å². The number of likely N-dealkylation sites (tertiary alicyclic amines) is 2. The monoisotopic (exact) mass is 613 g/mol. The second-order valence-corrected chi connectivity index (χ2v) is 13.7. The number of piperazine rings is 1. The second kappa shape index (κ2) is 12.7. The van der Waals surface area contributed by atoms with Gasteiger partial charge in [0.2, 0.25) is 5.91 Å². The molecular weight excluding hydrogens is 569 g/mol. The lowest BCUT2D eigenvalue weighted by atomic mass is 9.69. The predicted molar refractivity (Wildman–Crippen MR) is 170 cm³/mol. The van der Waals surface area contributed by atoms with Gasteiger partial charge in [-0.3, -0.25) is 9.69 Å². The van der Waals surface area contributed by atoms with E-state index in [1.807, 2.05) is 15.9 Å². The first-order valence-electron chi connectivity index (χ1n) is 16.7. The number of halogens is 1. The molecule has 0 bridgehead atoms. The Morgan fingerprint density at radius 2 is 1.98 bits per heavy atom. The van der Waals surface area contributed by atoms with Gasteiger partial charge in [-0.25, -0.2) is 4.39 Å². The number of ether oxygens (including phenoxy) is 1. The van der Waals surface area contributed by atoms with Gasteiger partial charge in [0.25, 0.3) is 0 Å². The van der Waals surface area contributed by atoms with Crippen molar-refractivity contribution in [2.24, 2.45) is 0 Å². The standard InChI is InChI=1S/C35H44FN7O2/c1-40-16-4-7-28(40)24-45-34-38-31-20-35(13-10-25-6-2-3-8-30(25)35)14-11-29(31)33(39-34)42-18-19-43(27(23-42)12-15-37)32(44)9-5-17-41-21-26(36)22-41/h2-3,5-6,8-9,26-28H,4,7,10-14,16-24H2,1H3/b9-5+/t27-,28-,35?/m0/s1. The predicted octanol–water partition coefficient (Wildman–Crippen LogP) is 3.46. The van der Waals surface area contributed by atoms with Gasteiger partial charge in [0.1, 0.15) is 18.6 Å². The van der Waals surface area contributed by atoms with E-state index >= 15 is 0 Å². The van der Waals surface area contributed by atoms with Crippen molar-refractivity contribution in [3.8, 4) is 12.1 Å². The normalized spacial score (nSPS) is 27.0. The van der Waals surface area contributed by atoms with E-state index < -0.39 is 6.17 Å².